The molecule has 1 aromatic rings. The van der Waals surface area contributed by atoms with Crippen LogP contribution in [0.15, 0.2) is 22.5 Å². The third-order valence-electron chi connectivity index (χ3n) is 4.54. The van der Waals surface area contributed by atoms with E-state index < -0.39 is 5.60 Å². The molecule has 130 valence electrons. The van der Waals surface area contributed by atoms with Crippen molar-refractivity contribution >= 4 is 46.3 Å². The molecule has 0 aromatic carbocycles. The van der Waals surface area contributed by atoms with Crippen LogP contribution in [0.2, 0.25) is 0 Å². The number of nitrogens with zero attached hydrogens (tertiary/aromatic N) is 3. The Morgan fingerprint density at radius 3 is 2.61 bits per heavy atom. The molecular formula is C16H27IN4OS. The van der Waals surface area contributed by atoms with Gasteiger partial charge in [-0.25, -0.2) is 0 Å². The normalized spacial score (nSPS) is 20.7. The van der Waals surface area contributed by atoms with Crippen molar-refractivity contribution in [2.75, 3.05) is 44.2 Å². The van der Waals surface area contributed by atoms with E-state index in [0.29, 0.717) is 6.54 Å². The molecule has 2 fully saturated rings. The number of hydrogen-bond acceptors (Lipinski definition) is 4. The van der Waals surface area contributed by atoms with E-state index in [9.17, 15) is 5.11 Å². The molecule has 1 aromatic heterocycles. The quantitative estimate of drug-likeness (QED) is 0.420. The second-order valence-corrected chi connectivity index (χ2v) is 7.10. The Bertz CT molecular complexity index is 496. The zero-order valence-corrected chi connectivity index (χ0v) is 16.8. The van der Waals surface area contributed by atoms with Gasteiger partial charge in [-0.1, -0.05) is 0 Å². The number of rotatable bonds is 4. The molecule has 7 heteroatoms. The van der Waals surface area contributed by atoms with Gasteiger partial charge in [0.05, 0.1) is 17.1 Å². The third-order valence-corrected chi connectivity index (χ3v) is 5.47. The molecule has 1 aliphatic carbocycles. The van der Waals surface area contributed by atoms with E-state index in [2.05, 4.69) is 44.5 Å². The molecule has 2 N–H and O–H groups in total. The SMILES string of the molecule is CCNC(=NCC1(O)CCC1)N1CCN(c2cccs2)CC1.I. The first-order chi connectivity index (χ1) is 10.7. The van der Waals surface area contributed by atoms with Crippen LogP contribution in [0, 0.1) is 0 Å². The first kappa shape index (κ1) is 18.8. The highest BCUT2D eigenvalue weighted by atomic mass is 127. The fraction of sp³-hybridized carbons (Fsp3) is 0.688. The lowest BCUT2D eigenvalue weighted by Crippen LogP contribution is -2.53. The summed E-state index contributed by atoms with van der Waals surface area (Å²) in [5.41, 5.74) is -0.542. The lowest BCUT2D eigenvalue weighted by molar-refractivity contribution is -0.0237. The average molecular weight is 450 g/mol. The van der Waals surface area contributed by atoms with Crippen molar-refractivity contribution in [2.45, 2.75) is 31.8 Å². The average Bonchev–Trinajstić information content (AvgIpc) is 3.04. The number of guanidine groups is 1. The maximum atomic E-state index is 10.2. The Kier molecular flexibility index (Phi) is 6.97. The highest BCUT2D eigenvalue weighted by Gasteiger charge is 2.34. The fourth-order valence-corrected chi connectivity index (χ4v) is 3.76. The van der Waals surface area contributed by atoms with Crippen molar-refractivity contribution in [1.82, 2.24) is 10.2 Å². The van der Waals surface area contributed by atoms with E-state index in [1.807, 2.05) is 0 Å². The molecule has 1 aliphatic heterocycles. The summed E-state index contributed by atoms with van der Waals surface area (Å²) in [6.07, 6.45) is 2.91. The maximum Gasteiger partial charge on any atom is 0.194 e. The van der Waals surface area contributed by atoms with E-state index >= 15 is 0 Å². The Labute approximate surface area is 159 Å². The number of anilines is 1. The number of nitrogens with one attached hydrogen (secondary N) is 1. The number of aliphatic imine (C=N–C) groups is 1. The van der Waals surface area contributed by atoms with E-state index in [1.54, 1.807) is 11.3 Å². The molecule has 2 heterocycles. The van der Waals surface area contributed by atoms with Gasteiger partial charge in [0.1, 0.15) is 0 Å². The van der Waals surface area contributed by atoms with E-state index in [-0.39, 0.29) is 24.0 Å². The monoisotopic (exact) mass is 450 g/mol. The summed E-state index contributed by atoms with van der Waals surface area (Å²) >= 11 is 1.80. The molecule has 23 heavy (non-hydrogen) atoms. The van der Waals surface area contributed by atoms with Crippen molar-refractivity contribution in [3.63, 3.8) is 0 Å². The molecule has 0 spiro atoms. The molecule has 3 rings (SSSR count). The van der Waals surface area contributed by atoms with Crippen molar-refractivity contribution in [3.8, 4) is 0 Å². The minimum atomic E-state index is -0.542. The van der Waals surface area contributed by atoms with E-state index in [4.69, 9.17) is 0 Å². The van der Waals surface area contributed by atoms with Gasteiger partial charge >= 0.3 is 0 Å². The van der Waals surface area contributed by atoms with Crippen LogP contribution in [0.4, 0.5) is 5.00 Å². The van der Waals surface area contributed by atoms with Crippen LogP contribution < -0.4 is 10.2 Å². The lowest BCUT2D eigenvalue weighted by Gasteiger charge is -2.38. The highest BCUT2D eigenvalue weighted by molar-refractivity contribution is 14.0. The largest absolute Gasteiger partial charge is 0.388 e. The molecule has 0 bridgehead atoms. The first-order valence-corrected chi connectivity index (χ1v) is 9.12. The Morgan fingerprint density at radius 1 is 1.35 bits per heavy atom. The van der Waals surface area contributed by atoms with Gasteiger partial charge in [-0.15, -0.1) is 35.3 Å². The summed E-state index contributed by atoms with van der Waals surface area (Å²) in [4.78, 5) is 9.43. The fourth-order valence-electron chi connectivity index (χ4n) is 2.98. The molecule has 1 saturated carbocycles. The Balaban J connectivity index is 0.00000192. The van der Waals surface area contributed by atoms with Crippen molar-refractivity contribution in [1.29, 1.82) is 0 Å². The smallest absolute Gasteiger partial charge is 0.194 e. The molecule has 2 aliphatic rings. The zero-order valence-electron chi connectivity index (χ0n) is 13.7. The standard InChI is InChI=1S/C16H26N4OS.HI/c1-2-17-15(18-13-16(21)6-4-7-16)20-10-8-19(9-11-20)14-5-3-12-22-14;/h3,5,12,21H,2,4,6-11,13H2,1H3,(H,17,18);1H. The number of thiophene rings is 1. The lowest BCUT2D eigenvalue weighted by atomic mass is 9.80. The third kappa shape index (κ3) is 4.73. The van der Waals surface area contributed by atoms with Crippen LogP contribution in [-0.2, 0) is 0 Å². The van der Waals surface area contributed by atoms with Crippen molar-refractivity contribution in [3.05, 3.63) is 17.5 Å². The van der Waals surface area contributed by atoms with E-state index in [1.165, 1.54) is 5.00 Å². The second-order valence-electron chi connectivity index (χ2n) is 6.17. The first-order valence-electron chi connectivity index (χ1n) is 8.24. The summed E-state index contributed by atoms with van der Waals surface area (Å²) in [6, 6.07) is 4.29. The summed E-state index contributed by atoms with van der Waals surface area (Å²) in [5.74, 6) is 0.952. The van der Waals surface area contributed by atoms with Crippen LogP contribution in [0.1, 0.15) is 26.2 Å². The van der Waals surface area contributed by atoms with Gasteiger partial charge < -0.3 is 20.2 Å². The summed E-state index contributed by atoms with van der Waals surface area (Å²) in [6.45, 7) is 7.48. The minimum absolute atomic E-state index is 0. The highest BCUT2D eigenvalue weighted by Crippen LogP contribution is 2.31. The predicted octanol–water partition coefficient (Wildman–Crippen LogP) is 2.37. The van der Waals surface area contributed by atoms with Gasteiger partial charge in [0.2, 0.25) is 0 Å². The Morgan fingerprint density at radius 2 is 2.09 bits per heavy atom. The number of halogens is 1. The van der Waals surface area contributed by atoms with Gasteiger partial charge in [-0.2, -0.15) is 0 Å². The molecule has 0 atom stereocenters. The van der Waals surface area contributed by atoms with Crippen LogP contribution in [-0.4, -0.2) is 60.8 Å². The van der Waals surface area contributed by atoms with Crippen molar-refractivity contribution < 1.29 is 5.11 Å². The van der Waals surface area contributed by atoms with Gasteiger partial charge in [0, 0.05) is 32.7 Å². The van der Waals surface area contributed by atoms with Gasteiger partial charge in [0.15, 0.2) is 5.96 Å². The Hall–Kier alpha value is -0.540. The summed E-state index contributed by atoms with van der Waals surface area (Å²) in [7, 11) is 0. The second kappa shape index (κ2) is 8.53. The number of hydrogen-bond donors (Lipinski definition) is 2. The van der Waals surface area contributed by atoms with Crippen LogP contribution in [0.3, 0.4) is 0 Å². The number of aliphatic hydroxyl groups is 1. The van der Waals surface area contributed by atoms with Crippen molar-refractivity contribution in [2.24, 2.45) is 4.99 Å². The van der Waals surface area contributed by atoms with Crippen LogP contribution in [0.5, 0.6) is 0 Å². The van der Waals surface area contributed by atoms with Gasteiger partial charge in [-0.3, -0.25) is 4.99 Å². The number of piperazine rings is 1. The van der Waals surface area contributed by atoms with Gasteiger partial charge in [0.25, 0.3) is 0 Å². The summed E-state index contributed by atoms with van der Waals surface area (Å²) in [5, 5.41) is 17.1. The molecular weight excluding hydrogens is 423 g/mol. The predicted molar refractivity (Wildman–Crippen MR) is 108 cm³/mol. The molecule has 0 unspecified atom stereocenters. The topological polar surface area (TPSA) is 51.1 Å². The zero-order chi connectivity index (χ0) is 15.4. The maximum absolute atomic E-state index is 10.2. The van der Waals surface area contributed by atoms with Crippen LogP contribution >= 0.6 is 35.3 Å². The minimum Gasteiger partial charge on any atom is -0.388 e. The molecule has 0 amide bonds. The van der Waals surface area contributed by atoms with E-state index in [0.717, 1.165) is 57.9 Å². The molecule has 0 radical (unpaired) electrons. The van der Waals surface area contributed by atoms with Crippen LogP contribution in [0.25, 0.3) is 0 Å². The molecule has 5 nitrogen and oxygen atoms in total. The summed E-state index contributed by atoms with van der Waals surface area (Å²) < 4.78 is 0. The molecule has 1 saturated heterocycles. The van der Waals surface area contributed by atoms with Gasteiger partial charge in [-0.05, 0) is 43.7 Å².